The number of imidazole rings is 1. The molecule has 0 saturated heterocycles. The molecule has 0 aliphatic heterocycles. The summed E-state index contributed by atoms with van der Waals surface area (Å²) in [6.45, 7) is 19.0. The second-order valence-electron chi connectivity index (χ2n) is 18.7. The zero-order chi connectivity index (χ0) is 53.6. The van der Waals surface area contributed by atoms with Gasteiger partial charge in [0.25, 0.3) is 0 Å². The first-order valence-corrected chi connectivity index (χ1v) is 21.7. The topological polar surface area (TPSA) is 50.9 Å². The van der Waals surface area contributed by atoms with E-state index in [0.29, 0.717) is 78.3 Å². The maximum absolute atomic E-state index is 12.3. The Hall–Kier alpha value is -5.57. The van der Waals surface area contributed by atoms with Crippen LogP contribution in [-0.4, -0.2) is 19.6 Å². The summed E-state index contributed by atoms with van der Waals surface area (Å²) in [5.41, 5.74) is 9.66. The van der Waals surface area contributed by atoms with E-state index >= 15 is 0 Å². The van der Waals surface area contributed by atoms with Gasteiger partial charge in [-0.3, -0.25) is 9.55 Å². The van der Waals surface area contributed by atoms with Crippen LogP contribution in [0, 0.1) is 12.9 Å². The molecule has 0 aliphatic carbocycles. The van der Waals surface area contributed by atoms with E-state index in [-0.39, 0.29) is 67.3 Å². The fraction of sp³-hybridized carbons (Fsp3) is 0.288. The first-order valence-electron chi connectivity index (χ1n) is 26.7. The van der Waals surface area contributed by atoms with Crippen molar-refractivity contribution in [2.24, 2.45) is 0 Å². The Morgan fingerprint density at radius 2 is 1.38 bits per heavy atom. The van der Waals surface area contributed by atoms with Gasteiger partial charge in [-0.2, -0.15) is 0 Å². The normalized spacial score (nSPS) is 14.7. The van der Waals surface area contributed by atoms with Gasteiger partial charge in [0.05, 0.1) is 29.1 Å². The van der Waals surface area contributed by atoms with Crippen molar-refractivity contribution >= 4 is 11.0 Å². The third-order valence-electron chi connectivity index (χ3n) is 11.9. The van der Waals surface area contributed by atoms with E-state index < -0.39 is 36.8 Å². The summed E-state index contributed by atoms with van der Waals surface area (Å²) < 4.78 is 89.1. The molecule has 0 amide bonds. The second kappa shape index (κ2) is 18.5. The van der Waals surface area contributed by atoms with Gasteiger partial charge in [-0.15, -0.1) is 29.3 Å². The molecule has 0 aliphatic rings. The van der Waals surface area contributed by atoms with Gasteiger partial charge in [0.2, 0.25) is 0 Å². The van der Waals surface area contributed by atoms with E-state index in [1.165, 1.54) is 0 Å². The summed E-state index contributed by atoms with van der Waals surface area (Å²) in [6, 6.07) is 29.6. The van der Waals surface area contributed by atoms with Crippen LogP contribution in [0.1, 0.15) is 147 Å². The van der Waals surface area contributed by atoms with E-state index in [0.717, 1.165) is 16.7 Å². The number of aryl methyl sites for hydroxylation is 1. The standard InChI is InChI=1S/C59H62N3O.Pt/c1-35(2)43-26-44(36(3)4)28-46(27-43)41-21-22-54(39(9)25-41)62-55-20-16-19-50(56(55)61-58(62)52-33-45(37(5)6)32-51(38(7)8)57(52)63)47-29-48(31-49(30-47)59(10,11)12)53-34-42(23-24-60-53)40-17-14-13-15-18-40;/h13-28,30-38,63H,1-12H3;/q-1;/i9D3,13D,14D,15D,17D,18D,35D,36D;. The quantitative estimate of drug-likeness (QED) is 0.139. The van der Waals surface area contributed by atoms with Crippen LogP contribution in [0.25, 0.3) is 72.7 Å². The minimum absolute atomic E-state index is 0. The second-order valence-corrected chi connectivity index (χ2v) is 18.7. The van der Waals surface area contributed by atoms with Gasteiger partial charge < -0.3 is 5.11 Å². The molecule has 64 heavy (non-hydrogen) atoms. The molecule has 4 nitrogen and oxygen atoms in total. The Balaban J connectivity index is 0.00000800. The number of aromatic nitrogens is 3. The third kappa shape index (κ3) is 9.18. The summed E-state index contributed by atoms with van der Waals surface area (Å²) in [5.74, 6) is -1.60. The Bertz CT molecular complexity index is 3420. The van der Waals surface area contributed by atoms with Crippen molar-refractivity contribution in [2.75, 3.05) is 0 Å². The number of nitrogens with zero attached hydrogens (tertiary/aromatic N) is 3. The van der Waals surface area contributed by atoms with Crippen LogP contribution >= 0.6 is 0 Å². The Kier molecular flexibility index (Phi) is 10.1. The van der Waals surface area contributed by atoms with E-state index in [9.17, 15) is 5.11 Å². The van der Waals surface area contributed by atoms with Gasteiger partial charge in [0.15, 0.2) is 0 Å². The Morgan fingerprint density at radius 1 is 0.688 bits per heavy atom. The smallest absolute Gasteiger partial charge is 0.148 e. The van der Waals surface area contributed by atoms with Crippen LogP contribution in [0.5, 0.6) is 5.75 Å². The molecule has 5 heteroatoms. The molecule has 1 N–H and O–H groups in total. The fourth-order valence-corrected chi connectivity index (χ4v) is 8.06. The monoisotopic (exact) mass is 1030 g/mol. The average Bonchev–Trinajstić information content (AvgIpc) is 3.70. The number of pyridine rings is 1. The van der Waals surface area contributed by atoms with Gasteiger partial charge in [0.1, 0.15) is 11.6 Å². The van der Waals surface area contributed by atoms with E-state index in [1.807, 2.05) is 85.1 Å². The third-order valence-corrected chi connectivity index (χ3v) is 11.9. The number of phenols is 1. The van der Waals surface area contributed by atoms with Crippen LogP contribution in [0.2, 0.25) is 0 Å². The molecular weight excluding hydrogens is 962 g/mol. The van der Waals surface area contributed by atoms with Gasteiger partial charge >= 0.3 is 0 Å². The molecule has 2 heterocycles. The number of benzene rings is 6. The number of rotatable bonds is 10. The average molecular weight is 1030 g/mol. The summed E-state index contributed by atoms with van der Waals surface area (Å²) in [7, 11) is 0. The largest absolute Gasteiger partial charge is 0.507 e. The summed E-state index contributed by atoms with van der Waals surface area (Å²) in [4.78, 5) is 10.1. The molecule has 0 bridgehead atoms. The molecule has 0 atom stereocenters. The van der Waals surface area contributed by atoms with Crippen molar-refractivity contribution in [1.29, 1.82) is 0 Å². The van der Waals surface area contributed by atoms with Gasteiger partial charge in [-0.25, -0.2) is 4.98 Å². The van der Waals surface area contributed by atoms with Gasteiger partial charge in [-0.05, 0) is 116 Å². The number of aromatic hydroxyl groups is 1. The fourth-order valence-electron chi connectivity index (χ4n) is 8.06. The summed E-state index contributed by atoms with van der Waals surface area (Å²) >= 11 is 0. The number of hydrogen-bond donors (Lipinski definition) is 1. The van der Waals surface area contributed by atoms with Crippen molar-refractivity contribution < 1.29 is 39.9 Å². The van der Waals surface area contributed by atoms with Crippen molar-refractivity contribution in [2.45, 2.75) is 112 Å². The Labute approximate surface area is 410 Å². The molecule has 330 valence electrons. The molecule has 0 spiro atoms. The van der Waals surface area contributed by atoms with Gasteiger partial charge in [0, 0.05) is 39.8 Å². The maximum Gasteiger partial charge on any atom is 0.148 e. The molecule has 8 aromatic rings. The van der Waals surface area contributed by atoms with Gasteiger partial charge in [-0.1, -0.05) is 166 Å². The van der Waals surface area contributed by atoms with E-state index in [1.54, 1.807) is 58.2 Å². The van der Waals surface area contributed by atoms with Crippen molar-refractivity contribution in [3.05, 3.63) is 167 Å². The molecule has 6 aromatic carbocycles. The molecule has 0 saturated carbocycles. The molecule has 8 rings (SSSR count). The van der Waals surface area contributed by atoms with Crippen LogP contribution in [0.15, 0.2) is 127 Å². The molecule has 0 unspecified atom stereocenters. The van der Waals surface area contributed by atoms with Crippen molar-refractivity contribution in [1.82, 2.24) is 14.5 Å². The maximum atomic E-state index is 12.3. The molecule has 2 aromatic heterocycles. The SMILES string of the molecule is [2H]c1c([2H])c([2H])c(-c2ccnc(-c3[c-]c(-c4cccc5c4nc(-c4cc(C(C)C)cc(C(C)C)c4O)n5-c4ccc(-c5cc(C([2H])(C)C)cc(C([2H])(C)C)c5)cc4C([2H])([2H])[2H])cc(C(C)(C)C)c3)c2)c([2H])c1[2H].[Pt]. The number of hydrogen-bond acceptors (Lipinski definition) is 3. The molecular formula is C59H62N3OPt-. The van der Waals surface area contributed by atoms with Crippen LogP contribution in [0.3, 0.4) is 0 Å². The minimum atomic E-state index is -2.65. The minimum Gasteiger partial charge on any atom is -0.507 e. The Morgan fingerprint density at radius 3 is 2.02 bits per heavy atom. The number of fused-ring (bicyclic) bond motifs is 1. The van der Waals surface area contributed by atoms with Crippen LogP contribution in [0.4, 0.5) is 0 Å². The zero-order valence-electron chi connectivity index (χ0n) is 48.5. The zero-order valence-corrected chi connectivity index (χ0v) is 40.8. The summed E-state index contributed by atoms with van der Waals surface area (Å²) in [6.07, 6.45) is 1.55. The predicted molar refractivity (Wildman–Crippen MR) is 266 cm³/mol. The molecule has 0 fully saturated rings. The van der Waals surface area contributed by atoms with Crippen molar-refractivity contribution in [3.63, 3.8) is 0 Å². The number of para-hydroxylation sites is 1. The predicted octanol–water partition coefficient (Wildman–Crippen LogP) is 16.4. The summed E-state index contributed by atoms with van der Waals surface area (Å²) in [5, 5.41) is 12.3. The number of phenolic OH excluding ortho intramolecular Hbond substituents is 1. The van der Waals surface area contributed by atoms with E-state index in [4.69, 9.17) is 23.7 Å². The van der Waals surface area contributed by atoms with Crippen LogP contribution < -0.4 is 0 Å². The van der Waals surface area contributed by atoms with E-state index in [2.05, 4.69) is 40.7 Å². The van der Waals surface area contributed by atoms with Crippen LogP contribution in [-0.2, 0) is 26.5 Å². The first kappa shape index (κ1) is 34.8. The molecule has 0 radical (unpaired) electrons. The van der Waals surface area contributed by atoms with Crippen molar-refractivity contribution in [3.8, 4) is 67.5 Å². The first-order chi connectivity index (χ1) is 33.9.